The van der Waals surface area contributed by atoms with Gasteiger partial charge in [-0.3, -0.25) is 0 Å². The van der Waals surface area contributed by atoms with E-state index in [9.17, 15) is 5.11 Å². The summed E-state index contributed by atoms with van der Waals surface area (Å²) in [6.45, 7) is 1.74. The van der Waals surface area contributed by atoms with Gasteiger partial charge in [-0.1, -0.05) is 23.7 Å². The largest absolute Gasteiger partial charge is 0.452 e. The summed E-state index contributed by atoms with van der Waals surface area (Å²) in [4.78, 5) is 0. The van der Waals surface area contributed by atoms with E-state index in [1.165, 1.54) is 0 Å². The first-order chi connectivity index (χ1) is 8.55. The van der Waals surface area contributed by atoms with E-state index in [1.54, 1.807) is 12.1 Å². The van der Waals surface area contributed by atoms with Crippen LogP contribution in [0.5, 0.6) is 0 Å². The molecule has 1 heterocycles. The van der Waals surface area contributed by atoms with Crippen LogP contribution in [0.4, 0.5) is 5.69 Å². The van der Waals surface area contributed by atoms with E-state index in [1.807, 2.05) is 31.2 Å². The predicted octanol–water partition coefficient (Wildman–Crippen LogP) is 4.02. The third kappa shape index (κ3) is 2.71. The number of furan rings is 1. The van der Waals surface area contributed by atoms with Crippen molar-refractivity contribution < 1.29 is 9.52 Å². The fourth-order valence-electron chi connectivity index (χ4n) is 1.65. The molecule has 5 heteroatoms. The summed E-state index contributed by atoms with van der Waals surface area (Å²) in [5.41, 5.74) is 0.0278. The Balaban J connectivity index is 2.31. The van der Waals surface area contributed by atoms with Crippen molar-refractivity contribution in [3.8, 4) is 0 Å². The average molecular weight is 331 g/mol. The molecule has 96 valence electrons. The third-order valence-electron chi connectivity index (χ3n) is 2.72. The van der Waals surface area contributed by atoms with Gasteiger partial charge in [-0.05, 0) is 47.1 Å². The highest BCUT2D eigenvalue weighted by molar-refractivity contribution is 9.10. The Morgan fingerprint density at radius 3 is 2.61 bits per heavy atom. The number of aliphatic hydroxyl groups is 1. The molecule has 2 aromatic rings. The van der Waals surface area contributed by atoms with E-state index in [0.29, 0.717) is 15.5 Å². The van der Waals surface area contributed by atoms with Gasteiger partial charge in [0.25, 0.3) is 0 Å². The molecule has 0 aliphatic rings. The molecule has 0 spiro atoms. The molecule has 0 saturated heterocycles. The zero-order valence-electron chi connectivity index (χ0n) is 9.78. The smallest absolute Gasteiger partial charge is 0.169 e. The highest BCUT2D eigenvalue weighted by Gasteiger charge is 2.29. The molecule has 2 rings (SSSR count). The summed E-state index contributed by atoms with van der Waals surface area (Å²) in [7, 11) is 0. The Kier molecular flexibility index (Phi) is 4.00. The van der Waals surface area contributed by atoms with Crippen LogP contribution in [0.1, 0.15) is 12.7 Å². The molecule has 0 aliphatic carbocycles. The number of hydrogen-bond donors (Lipinski definition) is 2. The first kappa shape index (κ1) is 13.5. The molecule has 0 aliphatic heterocycles. The summed E-state index contributed by atoms with van der Waals surface area (Å²) < 4.78 is 6.13. The maximum atomic E-state index is 9.62. The minimum atomic E-state index is -0.725. The molecule has 18 heavy (non-hydrogen) atoms. The highest BCUT2D eigenvalue weighted by Crippen LogP contribution is 2.31. The van der Waals surface area contributed by atoms with Crippen LogP contribution < -0.4 is 5.32 Å². The summed E-state index contributed by atoms with van der Waals surface area (Å²) in [6.07, 6.45) is 0. The third-order valence-corrected chi connectivity index (χ3v) is 3.47. The van der Waals surface area contributed by atoms with Crippen LogP contribution in [0.3, 0.4) is 0 Å². The highest BCUT2D eigenvalue weighted by atomic mass is 79.9. The van der Waals surface area contributed by atoms with Crippen molar-refractivity contribution >= 4 is 33.2 Å². The minimum absolute atomic E-state index is 0.113. The molecule has 1 unspecified atom stereocenters. The van der Waals surface area contributed by atoms with Crippen LogP contribution in [-0.4, -0.2) is 11.7 Å². The fourth-order valence-corrected chi connectivity index (χ4v) is 2.14. The molecule has 3 nitrogen and oxygen atoms in total. The van der Waals surface area contributed by atoms with Gasteiger partial charge in [0.05, 0.1) is 17.3 Å². The van der Waals surface area contributed by atoms with E-state index in [2.05, 4.69) is 21.2 Å². The van der Waals surface area contributed by atoms with Crippen LogP contribution in [0.15, 0.2) is 45.5 Å². The summed E-state index contributed by atoms with van der Waals surface area (Å²) in [5, 5.41) is 13.4. The van der Waals surface area contributed by atoms with Crippen molar-refractivity contribution in [1.29, 1.82) is 0 Å². The zero-order chi connectivity index (χ0) is 13.2. The summed E-state index contributed by atoms with van der Waals surface area (Å²) in [5.74, 6) is 0.636. The number of para-hydroxylation sites is 1. The second kappa shape index (κ2) is 5.34. The molecule has 2 N–H and O–H groups in total. The number of halogens is 2. The molecule has 0 fully saturated rings. The van der Waals surface area contributed by atoms with Gasteiger partial charge in [-0.25, -0.2) is 0 Å². The number of rotatable bonds is 4. The number of aliphatic hydroxyl groups excluding tert-OH is 1. The average Bonchev–Trinajstić information content (AvgIpc) is 2.79. The molecular weight excluding hydrogens is 318 g/mol. The van der Waals surface area contributed by atoms with Gasteiger partial charge < -0.3 is 14.8 Å². The van der Waals surface area contributed by atoms with Crippen molar-refractivity contribution in [2.45, 2.75) is 12.5 Å². The van der Waals surface area contributed by atoms with Gasteiger partial charge in [0.1, 0.15) is 11.3 Å². The second-order valence-corrected chi connectivity index (χ2v) is 5.39. The van der Waals surface area contributed by atoms with Gasteiger partial charge in [0, 0.05) is 0 Å². The van der Waals surface area contributed by atoms with Crippen molar-refractivity contribution in [3.63, 3.8) is 0 Å². The van der Waals surface area contributed by atoms with Crippen LogP contribution in [0.2, 0.25) is 5.02 Å². The molecule has 1 atom stereocenters. The van der Waals surface area contributed by atoms with Gasteiger partial charge in [-0.2, -0.15) is 0 Å². The van der Waals surface area contributed by atoms with Gasteiger partial charge >= 0.3 is 0 Å². The standard InChI is InChI=1S/C13H13BrClNO2/c1-13(8-17,11-6-7-12(14)18-11)16-10-5-3-2-4-9(10)15/h2-7,16-17H,8H2,1H3. The van der Waals surface area contributed by atoms with Crippen molar-refractivity contribution in [2.75, 3.05) is 11.9 Å². The second-order valence-electron chi connectivity index (χ2n) is 4.20. The monoisotopic (exact) mass is 329 g/mol. The lowest BCUT2D eigenvalue weighted by atomic mass is 9.99. The Labute approximate surface area is 119 Å². The van der Waals surface area contributed by atoms with E-state index in [0.717, 1.165) is 5.69 Å². The van der Waals surface area contributed by atoms with E-state index in [-0.39, 0.29) is 6.61 Å². The van der Waals surface area contributed by atoms with E-state index >= 15 is 0 Å². The maximum Gasteiger partial charge on any atom is 0.169 e. The number of nitrogens with one attached hydrogen (secondary N) is 1. The lowest BCUT2D eigenvalue weighted by Crippen LogP contribution is -2.35. The summed E-state index contributed by atoms with van der Waals surface area (Å²) >= 11 is 9.35. The maximum absolute atomic E-state index is 9.62. The van der Waals surface area contributed by atoms with Crippen LogP contribution in [-0.2, 0) is 5.54 Å². The van der Waals surface area contributed by atoms with Crippen molar-refractivity contribution in [2.24, 2.45) is 0 Å². The minimum Gasteiger partial charge on any atom is -0.452 e. The molecule has 0 saturated carbocycles. The van der Waals surface area contributed by atoms with E-state index < -0.39 is 5.54 Å². The Morgan fingerprint density at radius 1 is 1.33 bits per heavy atom. The number of anilines is 1. The number of hydrogen-bond acceptors (Lipinski definition) is 3. The van der Waals surface area contributed by atoms with Crippen LogP contribution >= 0.6 is 27.5 Å². The topological polar surface area (TPSA) is 45.4 Å². The van der Waals surface area contributed by atoms with Crippen molar-refractivity contribution in [3.05, 3.63) is 51.9 Å². The Morgan fingerprint density at radius 2 is 2.06 bits per heavy atom. The predicted molar refractivity (Wildman–Crippen MR) is 75.9 cm³/mol. The first-order valence-corrected chi connectivity index (χ1v) is 6.61. The quantitative estimate of drug-likeness (QED) is 0.890. The van der Waals surface area contributed by atoms with Crippen LogP contribution in [0.25, 0.3) is 0 Å². The molecule has 0 amide bonds. The van der Waals surface area contributed by atoms with Crippen molar-refractivity contribution in [1.82, 2.24) is 0 Å². The zero-order valence-corrected chi connectivity index (χ0v) is 12.1. The fraction of sp³-hybridized carbons (Fsp3) is 0.231. The number of benzene rings is 1. The van der Waals surface area contributed by atoms with E-state index in [4.69, 9.17) is 16.0 Å². The SMILES string of the molecule is CC(CO)(Nc1ccccc1Cl)c1ccc(Br)o1. The van der Waals surface area contributed by atoms with Gasteiger partial charge in [-0.15, -0.1) is 0 Å². The van der Waals surface area contributed by atoms with Gasteiger partial charge in [0.15, 0.2) is 4.67 Å². The molecule has 0 radical (unpaired) electrons. The Hall–Kier alpha value is -0.970. The normalized spacial score (nSPS) is 14.2. The van der Waals surface area contributed by atoms with Gasteiger partial charge in [0.2, 0.25) is 0 Å². The summed E-state index contributed by atoms with van der Waals surface area (Å²) in [6, 6.07) is 11.0. The molecule has 1 aromatic heterocycles. The van der Waals surface area contributed by atoms with Crippen LogP contribution in [0, 0.1) is 0 Å². The molecular formula is C13H13BrClNO2. The molecule has 1 aromatic carbocycles. The first-order valence-electron chi connectivity index (χ1n) is 5.44. The lowest BCUT2D eigenvalue weighted by molar-refractivity contribution is 0.202. The Bertz CT molecular complexity index is 543. The lowest BCUT2D eigenvalue weighted by Gasteiger charge is -2.28. The molecule has 0 bridgehead atoms.